The number of amides is 2. The molecule has 2 amide bonds. The van der Waals surface area contributed by atoms with Gasteiger partial charge >= 0.3 is 12.1 Å². The first-order valence-electron chi connectivity index (χ1n) is 9.28. The summed E-state index contributed by atoms with van der Waals surface area (Å²) in [5.41, 5.74) is 0. The third-order valence-corrected chi connectivity index (χ3v) is 4.61. The number of carbonyl (C=O) groups excluding carboxylic acids is 3. The summed E-state index contributed by atoms with van der Waals surface area (Å²) < 4.78 is 17.8. The third kappa shape index (κ3) is 8.36. The van der Waals surface area contributed by atoms with Crippen molar-refractivity contribution >= 4 is 23.8 Å². The van der Waals surface area contributed by atoms with Crippen molar-refractivity contribution in [3.8, 4) is 0 Å². The second-order valence-corrected chi connectivity index (χ2v) is 7.23. The third-order valence-electron chi connectivity index (χ3n) is 4.61. The number of hydrogen-bond donors (Lipinski definition) is 3. The van der Waals surface area contributed by atoms with Crippen molar-refractivity contribution in [3.63, 3.8) is 0 Å². The fourth-order valence-corrected chi connectivity index (χ4v) is 3.03. The minimum atomic E-state index is -1.48. The Morgan fingerprint density at radius 3 is 2.26 bits per heavy atom. The monoisotopic (exact) mass is 388 g/mol. The molecule has 0 aliphatic heterocycles. The van der Waals surface area contributed by atoms with Crippen LogP contribution in [0.3, 0.4) is 0 Å². The van der Waals surface area contributed by atoms with E-state index in [0.717, 1.165) is 25.7 Å². The van der Waals surface area contributed by atoms with Gasteiger partial charge in [-0.15, -0.1) is 0 Å². The molecule has 27 heavy (non-hydrogen) atoms. The lowest BCUT2D eigenvalue weighted by Crippen LogP contribution is -2.54. The van der Waals surface area contributed by atoms with Gasteiger partial charge in [-0.3, -0.25) is 14.4 Å². The molecule has 1 unspecified atom stereocenters. The van der Waals surface area contributed by atoms with Crippen LogP contribution in [0.15, 0.2) is 0 Å². The van der Waals surface area contributed by atoms with Crippen LogP contribution < -0.4 is 10.6 Å². The van der Waals surface area contributed by atoms with Gasteiger partial charge in [0, 0.05) is 0 Å². The van der Waals surface area contributed by atoms with Crippen LogP contribution in [0, 0.1) is 11.8 Å². The van der Waals surface area contributed by atoms with Crippen molar-refractivity contribution in [2.75, 3.05) is 13.3 Å². The van der Waals surface area contributed by atoms with Crippen LogP contribution in [0.4, 0.5) is 9.18 Å². The van der Waals surface area contributed by atoms with Gasteiger partial charge in [-0.1, -0.05) is 33.1 Å². The van der Waals surface area contributed by atoms with E-state index in [-0.39, 0.29) is 12.5 Å². The molecule has 0 aromatic rings. The molecule has 1 rings (SSSR count). The molecular formula is C18H29FN2O6. The molecule has 8 nitrogen and oxygen atoms in total. The molecule has 0 aromatic heterocycles. The number of ketones is 1. The summed E-state index contributed by atoms with van der Waals surface area (Å²) in [4.78, 5) is 46.7. The molecule has 0 bridgehead atoms. The maximum atomic E-state index is 12.6. The maximum Gasteiger partial charge on any atom is 0.407 e. The molecule has 1 saturated carbocycles. The largest absolute Gasteiger partial charge is 0.481 e. The molecule has 0 spiro atoms. The molecule has 0 heterocycles. The van der Waals surface area contributed by atoms with E-state index in [1.165, 1.54) is 6.42 Å². The molecule has 0 radical (unpaired) electrons. The Bertz CT molecular complexity index is 534. The maximum absolute atomic E-state index is 12.6. The van der Waals surface area contributed by atoms with Gasteiger partial charge in [-0.25, -0.2) is 9.18 Å². The van der Waals surface area contributed by atoms with Gasteiger partial charge in [0.15, 0.2) is 5.78 Å². The summed E-state index contributed by atoms with van der Waals surface area (Å²) in [5.74, 6) is -3.17. The first kappa shape index (κ1) is 22.9. The number of Topliss-reactive ketones (excluding diaryl/α,β-unsaturated/α-hetero) is 1. The van der Waals surface area contributed by atoms with Gasteiger partial charge in [0.05, 0.1) is 13.0 Å². The molecule has 3 N–H and O–H groups in total. The summed E-state index contributed by atoms with van der Waals surface area (Å²) in [5, 5.41) is 13.5. The summed E-state index contributed by atoms with van der Waals surface area (Å²) >= 11 is 0. The quantitative estimate of drug-likeness (QED) is 0.525. The van der Waals surface area contributed by atoms with E-state index >= 15 is 0 Å². The molecule has 154 valence electrons. The van der Waals surface area contributed by atoms with Crippen LogP contribution in [0.1, 0.15) is 52.4 Å². The fraction of sp³-hybridized carbons (Fsp3) is 0.778. The second-order valence-electron chi connectivity index (χ2n) is 7.23. The fourth-order valence-electron chi connectivity index (χ4n) is 3.03. The van der Waals surface area contributed by atoms with E-state index in [9.17, 15) is 23.6 Å². The molecule has 1 aliphatic carbocycles. The van der Waals surface area contributed by atoms with Gasteiger partial charge in [0.25, 0.3) is 0 Å². The zero-order chi connectivity index (χ0) is 20.4. The Morgan fingerprint density at radius 1 is 1.11 bits per heavy atom. The standard InChI is InChI=1S/C18H29FN2O6/c1-11(2)16(17(25)20-13(8-15(23)24)14(22)9-19)21-18(26)27-10-12-6-4-3-5-7-12/h11-13,16H,3-10H2,1-2H3,(H,20,25)(H,21,26)(H,23,24)/t13?,16-/m0/s1. The number of alkyl carbamates (subject to hydrolysis) is 1. The first-order chi connectivity index (χ1) is 12.7. The van der Waals surface area contributed by atoms with Crippen LogP contribution in [-0.4, -0.2) is 54.2 Å². The highest BCUT2D eigenvalue weighted by molar-refractivity contribution is 5.94. The minimum absolute atomic E-state index is 0.278. The van der Waals surface area contributed by atoms with E-state index in [2.05, 4.69) is 10.6 Å². The average Bonchev–Trinajstić information content (AvgIpc) is 2.63. The topological polar surface area (TPSA) is 122 Å². The molecular weight excluding hydrogens is 359 g/mol. The van der Waals surface area contributed by atoms with Gasteiger partial charge < -0.3 is 20.5 Å². The number of carboxylic acids is 1. The zero-order valence-corrected chi connectivity index (χ0v) is 15.8. The van der Waals surface area contributed by atoms with Crippen LogP contribution >= 0.6 is 0 Å². The Kier molecular flexibility index (Phi) is 9.74. The number of rotatable bonds is 10. The SMILES string of the molecule is CC(C)[C@H](NC(=O)OCC1CCCCC1)C(=O)NC(CC(=O)O)C(=O)CF. The number of carboxylic acid groups (broad SMARTS) is 1. The van der Waals surface area contributed by atoms with E-state index in [1.807, 2.05) is 0 Å². The number of alkyl halides is 1. The second kappa shape index (κ2) is 11.5. The molecule has 1 aliphatic rings. The highest BCUT2D eigenvalue weighted by atomic mass is 19.1. The average molecular weight is 388 g/mol. The molecule has 1 fully saturated rings. The van der Waals surface area contributed by atoms with Gasteiger partial charge in [-0.05, 0) is 24.7 Å². The van der Waals surface area contributed by atoms with Gasteiger partial charge in [-0.2, -0.15) is 0 Å². The Hall–Kier alpha value is -2.19. The Morgan fingerprint density at radius 2 is 1.74 bits per heavy atom. The van der Waals surface area contributed by atoms with E-state index in [1.54, 1.807) is 13.8 Å². The number of nitrogens with one attached hydrogen (secondary N) is 2. The van der Waals surface area contributed by atoms with Crippen molar-refractivity contribution in [1.82, 2.24) is 10.6 Å². The van der Waals surface area contributed by atoms with Gasteiger partial charge in [0.2, 0.25) is 5.91 Å². The van der Waals surface area contributed by atoms with Crippen LogP contribution in [-0.2, 0) is 19.1 Å². The number of hydrogen-bond acceptors (Lipinski definition) is 5. The van der Waals surface area contributed by atoms with Crippen molar-refractivity contribution in [2.24, 2.45) is 11.8 Å². The number of carbonyl (C=O) groups is 4. The summed E-state index contributed by atoms with van der Waals surface area (Å²) in [7, 11) is 0. The summed E-state index contributed by atoms with van der Waals surface area (Å²) in [6, 6.07) is -2.52. The normalized spacial score (nSPS) is 17.0. The molecule has 9 heteroatoms. The Labute approximate surface area is 158 Å². The lowest BCUT2D eigenvalue weighted by Gasteiger charge is -2.25. The lowest BCUT2D eigenvalue weighted by atomic mass is 9.90. The molecule has 0 saturated heterocycles. The number of halogens is 1. The Balaban J connectivity index is 2.61. The highest BCUT2D eigenvalue weighted by Gasteiger charge is 2.30. The molecule has 2 atom stereocenters. The summed E-state index contributed by atoms with van der Waals surface area (Å²) in [6.07, 6.45) is 3.94. The summed E-state index contributed by atoms with van der Waals surface area (Å²) in [6.45, 7) is 2.24. The zero-order valence-electron chi connectivity index (χ0n) is 15.8. The lowest BCUT2D eigenvalue weighted by molar-refractivity contribution is -0.140. The predicted molar refractivity (Wildman–Crippen MR) is 94.9 cm³/mol. The van der Waals surface area contributed by atoms with Crippen molar-refractivity contribution in [2.45, 2.75) is 64.5 Å². The minimum Gasteiger partial charge on any atom is -0.481 e. The van der Waals surface area contributed by atoms with E-state index in [0.29, 0.717) is 5.92 Å². The molecule has 0 aromatic carbocycles. The van der Waals surface area contributed by atoms with Crippen LogP contribution in [0.25, 0.3) is 0 Å². The van der Waals surface area contributed by atoms with Gasteiger partial charge in [0.1, 0.15) is 18.8 Å². The number of aliphatic carboxylic acids is 1. The van der Waals surface area contributed by atoms with Crippen LogP contribution in [0.5, 0.6) is 0 Å². The van der Waals surface area contributed by atoms with E-state index < -0.39 is 48.9 Å². The van der Waals surface area contributed by atoms with Crippen molar-refractivity contribution in [1.29, 1.82) is 0 Å². The van der Waals surface area contributed by atoms with E-state index in [4.69, 9.17) is 9.84 Å². The smallest absolute Gasteiger partial charge is 0.407 e. The number of ether oxygens (including phenoxy) is 1. The van der Waals surface area contributed by atoms with Crippen molar-refractivity contribution in [3.05, 3.63) is 0 Å². The predicted octanol–water partition coefficient (Wildman–Crippen LogP) is 1.82. The highest BCUT2D eigenvalue weighted by Crippen LogP contribution is 2.23. The van der Waals surface area contributed by atoms with Crippen molar-refractivity contribution < 1.29 is 33.4 Å². The first-order valence-corrected chi connectivity index (χ1v) is 9.28. The van der Waals surface area contributed by atoms with Crippen LogP contribution in [0.2, 0.25) is 0 Å².